The lowest BCUT2D eigenvalue weighted by Gasteiger charge is -2.52. The molecule has 182 valence electrons. The number of likely N-dealkylation sites (tertiary alicyclic amines) is 1. The van der Waals surface area contributed by atoms with Gasteiger partial charge in [0, 0.05) is 38.5 Å². The standard InChI is InChI=1S/C25H32N4O5/c1-34-19-7-5-16(6-8-19)13-29-24(32)20(26-25(29)33)9-10-22(30)27-12-17-11-18(15-27)21-3-2-4-23(31)28(21)14-17/h5-8,17-18,20-21H,2-4,9-15H2,1H3,(H,26,33)/t17-,18+,20?,21?/m1/s1. The van der Waals surface area contributed by atoms with Gasteiger partial charge in [-0.2, -0.15) is 0 Å². The highest BCUT2D eigenvalue weighted by atomic mass is 16.5. The number of urea groups is 1. The number of benzene rings is 1. The molecule has 5 amide bonds. The van der Waals surface area contributed by atoms with Crippen LogP contribution in [0.1, 0.15) is 44.1 Å². The van der Waals surface area contributed by atoms with Crippen LogP contribution in [0.2, 0.25) is 0 Å². The van der Waals surface area contributed by atoms with Gasteiger partial charge in [0.2, 0.25) is 11.8 Å². The van der Waals surface area contributed by atoms with E-state index < -0.39 is 12.1 Å². The quantitative estimate of drug-likeness (QED) is 0.642. The highest BCUT2D eigenvalue weighted by Crippen LogP contribution is 2.38. The molecule has 2 bridgehead atoms. The van der Waals surface area contributed by atoms with Crippen molar-refractivity contribution in [1.82, 2.24) is 20.0 Å². The molecule has 0 aliphatic carbocycles. The van der Waals surface area contributed by atoms with E-state index in [1.165, 1.54) is 4.90 Å². The second-order valence-corrected chi connectivity index (χ2v) is 9.98. The first-order valence-corrected chi connectivity index (χ1v) is 12.2. The molecule has 0 aromatic heterocycles. The van der Waals surface area contributed by atoms with Crippen LogP contribution in [-0.2, 0) is 20.9 Å². The fourth-order valence-corrected chi connectivity index (χ4v) is 6.08. The van der Waals surface area contributed by atoms with Crippen LogP contribution in [0.3, 0.4) is 0 Å². The summed E-state index contributed by atoms with van der Waals surface area (Å²) >= 11 is 0. The zero-order valence-corrected chi connectivity index (χ0v) is 19.6. The number of carbonyl (C=O) groups is 4. The number of fused-ring (bicyclic) bond motifs is 4. The summed E-state index contributed by atoms with van der Waals surface area (Å²) in [5, 5.41) is 2.73. The number of rotatable bonds is 6. The van der Waals surface area contributed by atoms with E-state index in [-0.39, 0.29) is 36.7 Å². The molecule has 4 atom stereocenters. The first-order chi connectivity index (χ1) is 16.4. The molecule has 1 N–H and O–H groups in total. The molecule has 4 aliphatic heterocycles. The Kier molecular flexibility index (Phi) is 6.18. The Balaban J connectivity index is 1.14. The summed E-state index contributed by atoms with van der Waals surface area (Å²) in [5.41, 5.74) is 0.830. The lowest BCUT2D eigenvalue weighted by molar-refractivity contribution is -0.148. The number of methoxy groups -OCH3 is 1. The second kappa shape index (κ2) is 9.27. The first kappa shape index (κ1) is 22.7. The molecule has 4 heterocycles. The summed E-state index contributed by atoms with van der Waals surface area (Å²) in [6.07, 6.45) is 4.20. The van der Waals surface area contributed by atoms with Crippen LogP contribution in [0.25, 0.3) is 0 Å². The first-order valence-electron chi connectivity index (χ1n) is 12.2. The number of nitrogens with zero attached hydrogens (tertiary/aromatic N) is 3. The lowest BCUT2D eigenvalue weighted by atomic mass is 9.76. The molecule has 4 saturated heterocycles. The molecule has 1 aromatic rings. The Morgan fingerprint density at radius 2 is 1.91 bits per heavy atom. The summed E-state index contributed by atoms with van der Waals surface area (Å²) in [5.74, 6) is 1.38. The molecule has 34 heavy (non-hydrogen) atoms. The molecular weight excluding hydrogens is 436 g/mol. The number of amides is 5. The van der Waals surface area contributed by atoms with Gasteiger partial charge in [-0.1, -0.05) is 12.1 Å². The van der Waals surface area contributed by atoms with E-state index in [2.05, 4.69) is 10.2 Å². The number of imide groups is 1. The minimum atomic E-state index is -0.676. The average Bonchev–Trinajstić information content (AvgIpc) is 3.11. The Hall–Kier alpha value is -3.10. The summed E-state index contributed by atoms with van der Waals surface area (Å²) in [4.78, 5) is 55.8. The molecule has 0 radical (unpaired) electrons. The van der Waals surface area contributed by atoms with Crippen LogP contribution in [0.4, 0.5) is 4.79 Å². The van der Waals surface area contributed by atoms with Crippen LogP contribution in [0, 0.1) is 11.8 Å². The Morgan fingerprint density at radius 3 is 2.68 bits per heavy atom. The number of hydrogen-bond acceptors (Lipinski definition) is 5. The van der Waals surface area contributed by atoms with E-state index in [1.54, 1.807) is 19.2 Å². The van der Waals surface area contributed by atoms with Gasteiger partial charge in [0.25, 0.3) is 5.91 Å². The van der Waals surface area contributed by atoms with Crippen molar-refractivity contribution in [2.45, 2.75) is 57.2 Å². The fraction of sp³-hybridized carbons (Fsp3) is 0.600. The molecule has 0 saturated carbocycles. The molecule has 1 aromatic carbocycles. The number of nitrogens with one attached hydrogen (secondary N) is 1. The van der Waals surface area contributed by atoms with Gasteiger partial charge in [-0.05, 0) is 55.2 Å². The van der Waals surface area contributed by atoms with Crippen LogP contribution in [0.15, 0.2) is 24.3 Å². The van der Waals surface area contributed by atoms with Gasteiger partial charge < -0.3 is 19.9 Å². The molecule has 4 fully saturated rings. The second-order valence-electron chi connectivity index (χ2n) is 9.98. The predicted octanol–water partition coefficient (Wildman–Crippen LogP) is 1.76. The van der Waals surface area contributed by atoms with E-state index in [9.17, 15) is 19.2 Å². The van der Waals surface area contributed by atoms with E-state index in [4.69, 9.17) is 4.74 Å². The number of hydrogen-bond donors (Lipinski definition) is 1. The maximum absolute atomic E-state index is 13.0. The Bertz CT molecular complexity index is 980. The summed E-state index contributed by atoms with van der Waals surface area (Å²) in [6, 6.07) is 6.39. The van der Waals surface area contributed by atoms with Gasteiger partial charge in [-0.25, -0.2) is 4.79 Å². The average molecular weight is 469 g/mol. The van der Waals surface area contributed by atoms with E-state index in [0.29, 0.717) is 43.5 Å². The summed E-state index contributed by atoms with van der Waals surface area (Å²) in [6.45, 7) is 2.28. The maximum Gasteiger partial charge on any atom is 0.325 e. The van der Waals surface area contributed by atoms with Gasteiger partial charge in [-0.3, -0.25) is 19.3 Å². The van der Waals surface area contributed by atoms with Crippen molar-refractivity contribution in [3.8, 4) is 5.75 Å². The fourth-order valence-electron chi connectivity index (χ4n) is 6.08. The molecule has 5 rings (SSSR count). The van der Waals surface area contributed by atoms with Crippen molar-refractivity contribution in [1.29, 1.82) is 0 Å². The lowest BCUT2D eigenvalue weighted by Crippen LogP contribution is -2.61. The number of piperidine rings is 3. The molecule has 2 unspecified atom stereocenters. The molecular formula is C25H32N4O5. The Labute approximate surface area is 199 Å². The van der Waals surface area contributed by atoms with Gasteiger partial charge in [0.05, 0.1) is 13.7 Å². The topological polar surface area (TPSA) is 99.3 Å². The zero-order chi connectivity index (χ0) is 23.8. The highest BCUT2D eigenvalue weighted by Gasteiger charge is 2.45. The maximum atomic E-state index is 13.0. The highest BCUT2D eigenvalue weighted by molar-refractivity contribution is 6.04. The normalized spacial score (nSPS) is 28.6. The van der Waals surface area contributed by atoms with Crippen molar-refractivity contribution in [3.05, 3.63) is 29.8 Å². The van der Waals surface area contributed by atoms with Crippen LogP contribution in [0.5, 0.6) is 5.75 Å². The molecule has 9 nitrogen and oxygen atoms in total. The number of carbonyl (C=O) groups excluding carboxylic acids is 4. The van der Waals surface area contributed by atoms with Crippen molar-refractivity contribution < 1.29 is 23.9 Å². The number of ether oxygens (including phenoxy) is 1. The minimum absolute atomic E-state index is 0.0286. The van der Waals surface area contributed by atoms with E-state index in [0.717, 1.165) is 31.4 Å². The third-order valence-corrected chi connectivity index (χ3v) is 7.79. The van der Waals surface area contributed by atoms with Crippen molar-refractivity contribution in [3.63, 3.8) is 0 Å². The van der Waals surface area contributed by atoms with Gasteiger partial charge in [0.1, 0.15) is 11.8 Å². The largest absolute Gasteiger partial charge is 0.497 e. The Morgan fingerprint density at radius 1 is 1.12 bits per heavy atom. The van der Waals surface area contributed by atoms with Gasteiger partial charge >= 0.3 is 6.03 Å². The third kappa shape index (κ3) is 4.35. The smallest absolute Gasteiger partial charge is 0.325 e. The van der Waals surface area contributed by atoms with Crippen LogP contribution in [-0.4, -0.2) is 77.3 Å². The van der Waals surface area contributed by atoms with E-state index in [1.807, 2.05) is 17.0 Å². The zero-order valence-electron chi connectivity index (χ0n) is 19.6. The van der Waals surface area contributed by atoms with Gasteiger partial charge in [0.15, 0.2) is 0 Å². The molecule has 0 spiro atoms. The van der Waals surface area contributed by atoms with Crippen molar-refractivity contribution in [2.24, 2.45) is 11.8 Å². The van der Waals surface area contributed by atoms with Crippen LogP contribution >= 0.6 is 0 Å². The van der Waals surface area contributed by atoms with Crippen molar-refractivity contribution >= 4 is 23.8 Å². The third-order valence-electron chi connectivity index (χ3n) is 7.79. The summed E-state index contributed by atoms with van der Waals surface area (Å²) < 4.78 is 5.14. The van der Waals surface area contributed by atoms with Crippen molar-refractivity contribution in [2.75, 3.05) is 26.7 Å². The summed E-state index contributed by atoms with van der Waals surface area (Å²) in [7, 11) is 1.58. The predicted molar refractivity (Wildman–Crippen MR) is 123 cm³/mol. The molecule has 4 aliphatic rings. The monoisotopic (exact) mass is 468 g/mol. The van der Waals surface area contributed by atoms with Crippen LogP contribution < -0.4 is 10.1 Å². The molecule has 9 heteroatoms. The van der Waals surface area contributed by atoms with E-state index >= 15 is 0 Å². The minimum Gasteiger partial charge on any atom is -0.497 e. The van der Waals surface area contributed by atoms with Gasteiger partial charge in [-0.15, -0.1) is 0 Å². The SMILES string of the molecule is COc1ccc(CN2C(=O)NC(CCC(=O)N3C[C@H]4C[C@@H](C3)C3CCCC(=O)N3C4)C2=O)cc1.